The van der Waals surface area contributed by atoms with Crippen LogP contribution in [0.15, 0.2) is 24.3 Å². The lowest BCUT2D eigenvalue weighted by Crippen LogP contribution is -2.20. The van der Waals surface area contributed by atoms with Gasteiger partial charge in [0.25, 0.3) is 0 Å². The second-order valence-electron chi connectivity index (χ2n) is 5.82. The fourth-order valence-electron chi connectivity index (χ4n) is 3.03. The Morgan fingerprint density at radius 1 is 1.09 bits per heavy atom. The summed E-state index contributed by atoms with van der Waals surface area (Å²) in [5.74, 6) is -2.80. The lowest BCUT2D eigenvalue weighted by molar-refractivity contribution is -0.153. The van der Waals surface area contributed by atoms with Gasteiger partial charge in [0.15, 0.2) is 18.2 Å². The van der Waals surface area contributed by atoms with Crippen LogP contribution in [0.5, 0.6) is 5.75 Å². The summed E-state index contributed by atoms with van der Waals surface area (Å²) in [6, 6.07) is 2.42. The Balaban J connectivity index is 2.08. The minimum Gasteiger partial charge on any atom is -0.481 e. The minimum absolute atomic E-state index is 0.109. The van der Waals surface area contributed by atoms with Gasteiger partial charge in [0.2, 0.25) is 5.82 Å². The molecule has 0 amide bonds. The van der Waals surface area contributed by atoms with E-state index in [0.29, 0.717) is 5.92 Å². The summed E-state index contributed by atoms with van der Waals surface area (Å²) in [6.07, 6.45) is 2.75. The van der Waals surface area contributed by atoms with E-state index in [1.54, 1.807) is 0 Å². The topological polar surface area (TPSA) is 9.23 Å². The molecule has 0 N–H and O–H groups in total. The molecule has 0 heterocycles. The van der Waals surface area contributed by atoms with Crippen LogP contribution in [0, 0.1) is 17.6 Å². The zero-order valence-electron chi connectivity index (χ0n) is 12.8. The van der Waals surface area contributed by atoms with Crippen LogP contribution in [-0.4, -0.2) is 12.8 Å². The summed E-state index contributed by atoms with van der Waals surface area (Å²) in [5.41, 5.74) is 0.223. The molecule has 0 aromatic heterocycles. The van der Waals surface area contributed by atoms with E-state index >= 15 is 0 Å². The Morgan fingerprint density at radius 2 is 1.74 bits per heavy atom. The van der Waals surface area contributed by atoms with Crippen molar-refractivity contribution >= 4 is 0 Å². The Bertz CT molecular complexity index is 557. The highest BCUT2D eigenvalue weighted by atomic mass is 19.4. The van der Waals surface area contributed by atoms with Gasteiger partial charge in [-0.25, -0.2) is 4.39 Å². The van der Waals surface area contributed by atoms with E-state index in [1.165, 1.54) is 6.07 Å². The van der Waals surface area contributed by atoms with Gasteiger partial charge in [-0.3, -0.25) is 0 Å². The van der Waals surface area contributed by atoms with Crippen molar-refractivity contribution in [2.45, 2.75) is 44.7 Å². The van der Waals surface area contributed by atoms with Crippen LogP contribution in [0.4, 0.5) is 22.0 Å². The van der Waals surface area contributed by atoms with Crippen molar-refractivity contribution < 1.29 is 26.7 Å². The molecule has 0 atom stereocenters. The Hall–Kier alpha value is -1.59. The molecule has 6 heteroatoms. The molecule has 1 saturated carbocycles. The average Bonchev–Trinajstić information content (AvgIpc) is 2.49. The molecule has 0 radical (unpaired) electrons. The molecule has 0 unspecified atom stereocenters. The molecule has 2 rings (SSSR count). The fourth-order valence-corrected chi connectivity index (χ4v) is 3.03. The fraction of sp³-hybridized carbons (Fsp3) is 0.529. The van der Waals surface area contributed by atoms with Gasteiger partial charge < -0.3 is 4.74 Å². The van der Waals surface area contributed by atoms with E-state index in [9.17, 15) is 22.0 Å². The van der Waals surface area contributed by atoms with E-state index in [-0.39, 0.29) is 11.5 Å². The van der Waals surface area contributed by atoms with Crippen LogP contribution in [-0.2, 0) is 0 Å². The number of hydrogen-bond donors (Lipinski definition) is 0. The molecule has 23 heavy (non-hydrogen) atoms. The highest BCUT2D eigenvalue weighted by molar-refractivity contribution is 5.33. The summed E-state index contributed by atoms with van der Waals surface area (Å²) in [5, 5.41) is 0. The van der Waals surface area contributed by atoms with Crippen molar-refractivity contribution in [1.82, 2.24) is 0 Å². The Kier molecular flexibility index (Phi) is 5.65. The van der Waals surface area contributed by atoms with E-state index in [4.69, 9.17) is 0 Å². The molecule has 0 spiro atoms. The molecular formula is C17H19F5O. The van der Waals surface area contributed by atoms with Gasteiger partial charge in [0.1, 0.15) is 0 Å². The van der Waals surface area contributed by atoms with Gasteiger partial charge in [0, 0.05) is 0 Å². The van der Waals surface area contributed by atoms with Gasteiger partial charge in [-0.1, -0.05) is 18.2 Å². The lowest BCUT2D eigenvalue weighted by atomic mass is 9.78. The molecule has 1 aromatic carbocycles. The van der Waals surface area contributed by atoms with E-state index < -0.39 is 30.2 Å². The third-order valence-corrected chi connectivity index (χ3v) is 4.14. The predicted molar refractivity (Wildman–Crippen MR) is 77.4 cm³/mol. The number of allylic oxidation sites excluding steroid dienone is 2. The first-order chi connectivity index (χ1) is 10.8. The van der Waals surface area contributed by atoms with E-state index in [1.807, 2.05) is 13.0 Å². The summed E-state index contributed by atoms with van der Waals surface area (Å²) >= 11 is 0. The van der Waals surface area contributed by atoms with Crippen LogP contribution in [0.3, 0.4) is 0 Å². The number of rotatable bonds is 4. The van der Waals surface area contributed by atoms with Gasteiger partial charge in [0.05, 0.1) is 0 Å². The maximum Gasteiger partial charge on any atom is 0.422 e. The Morgan fingerprint density at radius 3 is 2.30 bits per heavy atom. The second kappa shape index (κ2) is 7.32. The zero-order chi connectivity index (χ0) is 17.0. The molecule has 0 saturated heterocycles. The zero-order valence-corrected chi connectivity index (χ0v) is 12.8. The third kappa shape index (κ3) is 4.69. The van der Waals surface area contributed by atoms with Gasteiger partial charge in [-0.2, -0.15) is 17.6 Å². The third-order valence-electron chi connectivity index (χ3n) is 4.14. The van der Waals surface area contributed by atoms with E-state index in [0.717, 1.165) is 31.7 Å². The van der Waals surface area contributed by atoms with Crippen LogP contribution < -0.4 is 4.74 Å². The largest absolute Gasteiger partial charge is 0.481 e. The van der Waals surface area contributed by atoms with Gasteiger partial charge >= 0.3 is 6.18 Å². The molecule has 1 nitrogen and oxygen atoms in total. The van der Waals surface area contributed by atoms with Crippen molar-refractivity contribution in [1.29, 1.82) is 0 Å². The second-order valence-corrected chi connectivity index (χ2v) is 5.82. The summed E-state index contributed by atoms with van der Waals surface area (Å²) in [6.45, 7) is 0.304. The number of ether oxygens (including phenoxy) is 1. The Labute approximate surface area is 132 Å². The lowest BCUT2D eigenvalue weighted by Gasteiger charge is -2.27. The number of benzene rings is 1. The number of hydrogen-bond acceptors (Lipinski definition) is 1. The first-order valence-corrected chi connectivity index (χ1v) is 7.62. The predicted octanol–water partition coefficient (Wildman–Crippen LogP) is 5.76. The quantitative estimate of drug-likeness (QED) is 0.503. The standard InChI is InChI=1S/C17H19F5O/c1-2-3-11-4-6-12(7-5-11)13-8-9-14(16(19)15(13)18)23-10-17(20,21)22/h2-3,8-9,11-12H,4-7,10H2,1H3/b3-2+. The number of halogens is 5. The first kappa shape index (κ1) is 17.8. The minimum atomic E-state index is -4.59. The molecule has 0 aliphatic heterocycles. The summed E-state index contributed by atoms with van der Waals surface area (Å²) < 4.78 is 68.7. The van der Waals surface area contributed by atoms with Crippen molar-refractivity contribution in [2.24, 2.45) is 5.92 Å². The molecule has 128 valence electrons. The molecule has 1 aromatic rings. The normalized spacial score (nSPS) is 22.5. The molecule has 1 fully saturated rings. The van der Waals surface area contributed by atoms with E-state index in [2.05, 4.69) is 10.8 Å². The maximum absolute atomic E-state index is 14.2. The molecule has 1 aliphatic carbocycles. The van der Waals surface area contributed by atoms with Crippen LogP contribution in [0.25, 0.3) is 0 Å². The summed E-state index contributed by atoms with van der Waals surface area (Å²) in [7, 11) is 0. The SMILES string of the molecule is C/C=C/C1CCC(c2ccc(OCC(F)(F)F)c(F)c2F)CC1. The van der Waals surface area contributed by atoms with Crippen molar-refractivity contribution in [3.63, 3.8) is 0 Å². The highest BCUT2D eigenvalue weighted by Gasteiger charge is 2.30. The molecular weight excluding hydrogens is 315 g/mol. The molecule has 0 bridgehead atoms. The van der Waals surface area contributed by atoms with Gasteiger partial charge in [-0.05, 0) is 56.1 Å². The number of alkyl halides is 3. The van der Waals surface area contributed by atoms with Crippen molar-refractivity contribution in [2.75, 3.05) is 6.61 Å². The van der Waals surface area contributed by atoms with Crippen molar-refractivity contribution in [3.05, 3.63) is 41.5 Å². The molecule has 1 aliphatic rings. The average molecular weight is 334 g/mol. The monoisotopic (exact) mass is 334 g/mol. The first-order valence-electron chi connectivity index (χ1n) is 7.62. The van der Waals surface area contributed by atoms with Crippen LogP contribution >= 0.6 is 0 Å². The van der Waals surface area contributed by atoms with Crippen molar-refractivity contribution in [3.8, 4) is 5.75 Å². The van der Waals surface area contributed by atoms with Crippen LogP contribution in [0.1, 0.15) is 44.1 Å². The summed E-state index contributed by atoms with van der Waals surface area (Å²) in [4.78, 5) is 0. The smallest absolute Gasteiger partial charge is 0.422 e. The van der Waals surface area contributed by atoms with Crippen LogP contribution in [0.2, 0.25) is 0 Å². The highest BCUT2D eigenvalue weighted by Crippen LogP contribution is 2.39. The maximum atomic E-state index is 14.2. The van der Waals surface area contributed by atoms with Gasteiger partial charge in [-0.15, -0.1) is 0 Å².